The lowest BCUT2D eigenvalue weighted by molar-refractivity contribution is 0.167. The van der Waals surface area contributed by atoms with Gasteiger partial charge in [0, 0.05) is 37.1 Å². The Morgan fingerprint density at radius 3 is 2.36 bits per heavy atom. The maximum atomic E-state index is 13.3. The van der Waals surface area contributed by atoms with Crippen molar-refractivity contribution in [3.8, 4) is 0 Å². The number of benzene rings is 1. The maximum absolute atomic E-state index is 13.3. The summed E-state index contributed by atoms with van der Waals surface area (Å²) in [6.45, 7) is 10.6. The molecule has 1 aliphatic carbocycles. The minimum atomic E-state index is -0.167. The summed E-state index contributed by atoms with van der Waals surface area (Å²) < 4.78 is 13.3. The molecule has 0 atom stereocenters. The number of guanidine groups is 1. The Bertz CT molecular complexity index is 620. The quantitative estimate of drug-likeness (QED) is 0.347. The van der Waals surface area contributed by atoms with Crippen LogP contribution in [0.15, 0.2) is 29.3 Å². The topological polar surface area (TPSA) is 39.7 Å². The molecule has 1 aromatic carbocycles. The van der Waals surface area contributed by atoms with Gasteiger partial charge in [-0.05, 0) is 64.2 Å². The van der Waals surface area contributed by atoms with E-state index < -0.39 is 0 Å². The molecule has 2 fully saturated rings. The monoisotopic (exact) mass is 502 g/mol. The molecular weight excluding hydrogens is 466 g/mol. The summed E-state index contributed by atoms with van der Waals surface area (Å²) in [6.07, 6.45) is 5.81. The highest BCUT2D eigenvalue weighted by atomic mass is 127. The first-order valence-corrected chi connectivity index (χ1v) is 10.6. The summed E-state index contributed by atoms with van der Waals surface area (Å²) in [6, 6.07) is 8.14. The van der Waals surface area contributed by atoms with Crippen LogP contribution in [-0.2, 0) is 5.41 Å². The minimum Gasteiger partial charge on any atom is -0.357 e. The minimum absolute atomic E-state index is 0. The first kappa shape index (κ1) is 23.4. The number of aliphatic imine (C=N–C) groups is 1. The van der Waals surface area contributed by atoms with Crippen molar-refractivity contribution < 1.29 is 4.39 Å². The number of hydrogen-bond acceptors (Lipinski definition) is 2. The van der Waals surface area contributed by atoms with Crippen molar-refractivity contribution in [1.82, 2.24) is 15.5 Å². The zero-order valence-electron chi connectivity index (χ0n) is 17.5. The third-order valence-electron chi connectivity index (χ3n) is 6.25. The molecule has 158 valence electrons. The maximum Gasteiger partial charge on any atom is 0.191 e. The Hall–Kier alpha value is -0.890. The summed E-state index contributed by atoms with van der Waals surface area (Å²) in [5.74, 6) is 0.758. The van der Waals surface area contributed by atoms with E-state index >= 15 is 0 Å². The van der Waals surface area contributed by atoms with E-state index in [2.05, 4.69) is 36.3 Å². The van der Waals surface area contributed by atoms with E-state index in [0.29, 0.717) is 12.1 Å². The van der Waals surface area contributed by atoms with Crippen molar-refractivity contribution in [2.75, 3.05) is 26.2 Å². The first-order chi connectivity index (χ1) is 13.0. The fourth-order valence-corrected chi connectivity index (χ4v) is 4.25. The van der Waals surface area contributed by atoms with E-state index in [1.54, 1.807) is 12.1 Å². The van der Waals surface area contributed by atoms with Gasteiger partial charge >= 0.3 is 0 Å². The standard InChI is InChI=1S/C22H35FN4.HI/c1-4-24-21(26-20-10-14-27(15-11-20)17(2)3)25-16-22(12-5-13-22)18-6-8-19(23)9-7-18;/h6-9,17,20H,4-5,10-16H2,1-3H3,(H2,24,25,26);1H. The lowest BCUT2D eigenvalue weighted by atomic mass is 9.64. The number of piperidine rings is 1. The molecule has 2 aliphatic rings. The second-order valence-electron chi connectivity index (χ2n) is 8.38. The Kier molecular flexibility index (Phi) is 8.99. The molecule has 1 saturated carbocycles. The van der Waals surface area contributed by atoms with Gasteiger partial charge in [0.15, 0.2) is 5.96 Å². The van der Waals surface area contributed by atoms with Crippen LogP contribution in [0.3, 0.4) is 0 Å². The normalized spacial score (nSPS) is 20.4. The predicted octanol–water partition coefficient (Wildman–Crippen LogP) is 4.29. The molecule has 1 aliphatic heterocycles. The number of likely N-dealkylation sites (tertiary alicyclic amines) is 1. The molecule has 0 unspecified atom stereocenters. The average molecular weight is 502 g/mol. The van der Waals surface area contributed by atoms with Crippen molar-refractivity contribution >= 4 is 29.9 Å². The van der Waals surface area contributed by atoms with Gasteiger partial charge in [0.25, 0.3) is 0 Å². The van der Waals surface area contributed by atoms with Crippen LogP contribution in [0.1, 0.15) is 58.4 Å². The molecule has 0 radical (unpaired) electrons. The highest BCUT2D eigenvalue weighted by molar-refractivity contribution is 14.0. The van der Waals surface area contributed by atoms with Crippen molar-refractivity contribution in [2.45, 2.75) is 70.4 Å². The third-order valence-corrected chi connectivity index (χ3v) is 6.25. The number of nitrogens with zero attached hydrogens (tertiary/aromatic N) is 2. The largest absolute Gasteiger partial charge is 0.357 e. The van der Waals surface area contributed by atoms with Crippen LogP contribution in [0.2, 0.25) is 0 Å². The zero-order valence-corrected chi connectivity index (χ0v) is 19.8. The Morgan fingerprint density at radius 1 is 1.21 bits per heavy atom. The SMILES string of the molecule is CCNC(=NCC1(c2ccc(F)cc2)CCC1)NC1CCN(C(C)C)CC1.I. The van der Waals surface area contributed by atoms with Crippen molar-refractivity contribution in [1.29, 1.82) is 0 Å². The lowest BCUT2D eigenvalue weighted by Gasteiger charge is -2.41. The molecule has 4 nitrogen and oxygen atoms in total. The van der Waals surface area contributed by atoms with Gasteiger partial charge in [-0.2, -0.15) is 0 Å². The van der Waals surface area contributed by atoms with E-state index in [9.17, 15) is 4.39 Å². The van der Waals surface area contributed by atoms with Gasteiger partial charge in [0.2, 0.25) is 0 Å². The number of nitrogens with one attached hydrogen (secondary N) is 2. The van der Waals surface area contributed by atoms with Crippen LogP contribution >= 0.6 is 24.0 Å². The third kappa shape index (κ3) is 5.81. The summed E-state index contributed by atoms with van der Waals surface area (Å²) in [5, 5.41) is 7.06. The van der Waals surface area contributed by atoms with Crippen molar-refractivity contribution in [3.05, 3.63) is 35.6 Å². The summed E-state index contributed by atoms with van der Waals surface area (Å²) in [7, 11) is 0. The van der Waals surface area contributed by atoms with Crippen molar-refractivity contribution in [3.63, 3.8) is 0 Å². The molecule has 0 aromatic heterocycles. The zero-order chi connectivity index (χ0) is 19.3. The van der Waals surface area contributed by atoms with Crippen LogP contribution < -0.4 is 10.6 Å². The average Bonchev–Trinajstić information content (AvgIpc) is 2.62. The van der Waals surface area contributed by atoms with Crippen LogP contribution in [0, 0.1) is 5.82 Å². The molecule has 1 aromatic rings. The van der Waals surface area contributed by atoms with E-state index in [1.807, 2.05) is 12.1 Å². The first-order valence-electron chi connectivity index (χ1n) is 10.6. The van der Waals surface area contributed by atoms with Gasteiger partial charge in [-0.15, -0.1) is 24.0 Å². The molecule has 1 saturated heterocycles. The number of hydrogen-bond donors (Lipinski definition) is 2. The lowest BCUT2D eigenvalue weighted by Crippen LogP contribution is -2.50. The number of halogens is 2. The molecule has 0 amide bonds. The Balaban J connectivity index is 0.00000280. The van der Waals surface area contributed by atoms with E-state index in [-0.39, 0.29) is 35.2 Å². The van der Waals surface area contributed by atoms with Crippen LogP contribution in [0.4, 0.5) is 4.39 Å². The predicted molar refractivity (Wildman–Crippen MR) is 126 cm³/mol. The molecule has 0 spiro atoms. The van der Waals surface area contributed by atoms with E-state index in [4.69, 9.17) is 4.99 Å². The molecule has 3 rings (SSSR count). The molecule has 2 N–H and O–H groups in total. The summed E-state index contributed by atoms with van der Waals surface area (Å²) in [4.78, 5) is 7.48. The smallest absolute Gasteiger partial charge is 0.191 e. The highest BCUT2D eigenvalue weighted by Crippen LogP contribution is 2.44. The van der Waals surface area contributed by atoms with Crippen LogP contribution in [-0.4, -0.2) is 49.1 Å². The molecule has 28 heavy (non-hydrogen) atoms. The van der Waals surface area contributed by atoms with Crippen LogP contribution in [0.25, 0.3) is 0 Å². The van der Waals surface area contributed by atoms with E-state index in [1.165, 1.54) is 12.0 Å². The Labute approximate surface area is 186 Å². The Morgan fingerprint density at radius 2 is 1.86 bits per heavy atom. The van der Waals surface area contributed by atoms with Gasteiger partial charge in [-0.3, -0.25) is 4.99 Å². The fraction of sp³-hybridized carbons (Fsp3) is 0.682. The van der Waals surface area contributed by atoms with Crippen molar-refractivity contribution in [2.24, 2.45) is 4.99 Å². The van der Waals surface area contributed by atoms with Gasteiger partial charge in [0.05, 0.1) is 6.54 Å². The second-order valence-corrected chi connectivity index (χ2v) is 8.38. The molecular formula is C22H36FIN4. The second kappa shape index (κ2) is 10.8. The molecule has 6 heteroatoms. The number of rotatable bonds is 6. The summed E-state index contributed by atoms with van der Waals surface area (Å²) in [5.41, 5.74) is 1.30. The van der Waals surface area contributed by atoms with E-state index in [0.717, 1.165) is 57.8 Å². The molecule has 0 bridgehead atoms. The van der Waals surface area contributed by atoms with Gasteiger partial charge < -0.3 is 15.5 Å². The van der Waals surface area contributed by atoms with Gasteiger partial charge in [-0.25, -0.2) is 4.39 Å². The fourth-order valence-electron chi connectivity index (χ4n) is 4.25. The van der Waals surface area contributed by atoms with Gasteiger partial charge in [-0.1, -0.05) is 18.6 Å². The highest BCUT2D eigenvalue weighted by Gasteiger charge is 2.38. The summed E-state index contributed by atoms with van der Waals surface area (Å²) >= 11 is 0. The van der Waals surface area contributed by atoms with Crippen LogP contribution in [0.5, 0.6) is 0 Å². The molecule has 1 heterocycles. The van der Waals surface area contributed by atoms with Gasteiger partial charge in [0.1, 0.15) is 5.82 Å².